The van der Waals surface area contributed by atoms with E-state index in [2.05, 4.69) is 21.5 Å². The van der Waals surface area contributed by atoms with Crippen LogP contribution in [0.4, 0.5) is 4.79 Å². The molecule has 14 nitrogen and oxygen atoms in total. The van der Waals surface area contributed by atoms with Crippen LogP contribution in [-0.2, 0) is 33.7 Å². The fourth-order valence-corrected chi connectivity index (χ4v) is 6.46. The molecule has 2 saturated heterocycles. The van der Waals surface area contributed by atoms with E-state index >= 15 is 0 Å². The molecule has 2 aromatic heterocycles. The highest BCUT2D eigenvalue weighted by molar-refractivity contribution is 7.46. The second kappa shape index (κ2) is 13.4. The fraction of sp³-hybridized carbons (Fsp3) is 0.250. The van der Waals surface area contributed by atoms with Gasteiger partial charge in [-0.1, -0.05) is 54.6 Å². The van der Waals surface area contributed by atoms with E-state index in [1.165, 1.54) is 22.0 Å². The average Bonchev–Trinajstić information content (AvgIpc) is 3.53. The molecule has 2 aliphatic heterocycles. The van der Waals surface area contributed by atoms with Crippen molar-refractivity contribution in [2.45, 2.75) is 31.7 Å². The van der Waals surface area contributed by atoms with Gasteiger partial charge >= 0.3 is 13.9 Å². The van der Waals surface area contributed by atoms with Crippen LogP contribution in [0.25, 0.3) is 5.52 Å². The van der Waals surface area contributed by atoms with Crippen LogP contribution in [0.15, 0.2) is 97.7 Å². The maximum absolute atomic E-state index is 14.3. The number of aromatic nitrogens is 2. The van der Waals surface area contributed by atoms with E-state index in [9.17, 15) is 28.7 Å². The summed E-state index contributed by atoms with van der Waals surface area (Å²) in [6.07, 6.45) is 2.53. The molecule has 2 atom stereocenters. The third-order valence-corrected chi connectivity index (χ3v) is 8.54. The van der Waals surface area contributed by atoms with Crippen molar-refractivity contribution >= 4 is 31.2 Å². The van der Waals surface area contributed by atoms with Crippen molar-refractivity contribution in [3.8, 4) is 5.75 Å². The van der Waals surface area contributed by atoms with E-state index < -0.39 is 26.1 Å². The first-order valence-electron chi connectivity index (χ1n) is 14.9. The van der Waals surface area contributed by atoms with Gasteiger partial charge in [-0.25, -0.2) is 23.9 Å². The summed E-state index contributed by atoms with van der Waals surface area (Å²) in [4.78, 5) is 63.5. The summed E-state index contributed by atoms with van der Waals surface area (Å²) >= 11 is 0. The molecule has 47 heavy (non-hydrogen) atoms. The maximum Gasteiger partial charge on any atom is 0.524 e. The molecule has 0 spiro atoms. The van der Waals surface area contributed by atoms with Crippen LogP contribution in [0.5, 0.6) is 5.75 Å². The molecule has 15 heteroatoms. The quantitative estimate of drug-likeness (QED) is 0.172. The van der Waals surface area contributed by atoms with E-state index in [1.807, 2.05) is 54.6 Å². The molecule has 0 bridgehead atoms. The summed E-state index contributed by atoms with van der Waals surface area (Å²) in [5, 5.41) is 10.5. The zero-order chi connectivity index (χ0) is 33.1. The summed E-state index contributed by atoms with van der Waals surface area (Å²) < 4.78 is 17.7. The Kier molecular flexibility index (Phi) is 9.10. The number of benzene rings is 2. The molecular formula is C32H34N7O7P. The molecule has 2 aromatic carbocycles. The highest BCUT2D eigenvalue weighted by Gasteiger charge is 2.51. The minimum Gasteiger partial charge on any atom is -0.404 e. The third-order valence-electron chi connectivity index (χ3n) is 8.09. The van der Waals surface area contributed by atoms with E-state index in [4.69, 9.17) is 0 Å². The first-order valence-corrected chi connectivity index (χ1v) is 16.5. The number of hydrogen-bond acceptors (Lipinski definition) is 7. The highest BCUT2D eigenvalue weighted by atomic mass is 31.2. The van der Waals surface area contributed by atoms with Crippen LogP contribution in [0.2, 0.25) is 0 Å². The van der Waals surface area contributed by atoms with Crippen molar-refractivity contribution in [1.82, 2.24) is 34.7 Å². The molecule has 0 radical (unpaired) electrons. The SMILES string of the molecule is C=CCN1CC(=O)N2[C@@H](Cc3ccc(OP(=O)(O)O)cc3)C(=O)N(Cc3cccc4ccnn34)C[C@@H]2N1C(=O)NCc1ccccc1. The lowest BCUT2D eigenvalue weighted by Crippen LogP contribution is -2.76. The highest BCUT2D eigenvalue weighted by Crippen LogP contribution is 2.37. The van der Waals surface area contributed by atoms with Crippen LogP contribution in [0.1, 0.15) is 16.8 Å². The van der Waals surface area contributed by atoms with Gasteiger partial charge in [0.1, 0.15) is 18.0 Å². The molecule has 6 rings (SSSR count). The lowest BCUT2D eigenvalue weighted by Gasteiger charge is -2.55. The second-order valence-corrected chi connectivity index (χ2v) is 12.4. The Morgan fingerprint density at radius 1 is 1.02 bits per heavy atom. The van der Waals surface area contributed by atoms with Gasteiger partial charge in [-0.15, -0.1) is 6.58 Å². The number of carbonyl (C=O) groups is 3. The van der Waals surface area contributed by atoms with Crippen LogP contribution in [0.3, 0.4) is 0 Å². The average molecular weight is 660 g/mol. The van der Waals surface area contributed by atoms with Gasteiger partial charge in [0.25, 0.3) is 0 Å². The Hall–Kier alpha value is -5.01. The zero-order valence-corrected chi connectivity index (χ0v) is 26.2. The fourth-order valence-electron chi connectivity index (χ4n) is 6.07. The number of piperazine rings is 1. The number of hydrazine groups is 1. The number of urea groups is 1. The topological polar surface area (TPSA) is 160 Å². The van der Waals surface area contributed by atoms with Crippen molar-refractivity contribution in [2.75, 3.05) is 19.6 Å². The molecule has 4 aromatic rings. The van der Waals surface area contributed by atoms with Crippen molar-refractivity contribution in [2.24, 2.45) is 0 Å². The monoisotopic (exact) mass is 659 g/mol. The molecule has 2 fully saturated rings. The number of phosphoric ester groups is 1. The van der Waals surface area contributed by atoms with Crippen LogP contribution < -0.4 is 9.84 Å². The number of fused-ring (bicyclic) bond motifs is 2. The predicted molar refractivity (Wildman–Crippen MR) is 170 cm³/mol. The van der Waals surface area contributed by atoms with Crippen LogP contribution >= 0.6 is 7.82 Å². The molecule has 0 saturated carbocycles. The molecule has 3 N–H and O–H groups in total. The van der Waals surface area contributed by atoms with Crippen LogP contribution in [-0.4, -0.2) is 88.9 Å². The molecule has 2 aliphatic rings. The van der Waals surface area contributed by atoms with Crippen molar-refractivity contribution in [3.05, 3.63) is 115 Å². The third kappa shape index (κ3) is 7.05. The molecule has 4 heterocycles. The summed E-state index contributed by atoms with van der Waals surface area (Å²) in [6.45, 7) is 4.37. The molecular weight excluding hydrogens is 625 g/mol. The van der Waals surface area contributed by atoms with E-state index in [0.717, 1.165) is 16.8 Å². The number of amides is 4. The van der Waals surface area contributed by atoms with Crippen molar-refractivity contribution in [3.63, 3.8) is 0 Å². The molecule has 0 aliphatic carbocycles. The normalized spacial score (nSPS) is 18.7. The Morgan fingerprint density at radius 2 is 1.79 bits per heavy atom. The number of nitrogens with zero attached hydrogens (tertiary/aromatic N) is 6. The van der Waals surface area contributed by atoms with Gasteiger partial charge in [0.2, 0.25) is 11.8 Å². The smallest absolute Gasteiger partial charge is 0.404 e. The summed E-state index contributed by atoms with van der Waals surface area (Å²) in [7, 11) is -4.76. The Labute approximate surface area is 270 Å². The number of carbonyl (C=O) groups excluding carboxylic acids is 3. The van der Waals surface area contributed by atoms with Gasteiger partial charge in [-0.2, -0.15) is 5.10 Å². The summed E-state index contributed by atoms with van der Waals surface area (Å²) in [5.41, 5.74) is 3.13. The summed E-state index contributed by atoms with van der Waals surface area (Å²) in [5.74, 6) is -0.673. The standard InChI is InChI=1S/C32H34N7O7P/c1-2-17-36-22-30(40)37-28(18-23-11-13-27(14-12-23)46-47(43,44)45)31(41)35(20-26-10-6-9-25-15-16-34-38(25)26)21-29(37)39(36)32(42)33-19-24-7-4-3-5-8-24/h2-16,28-29H,1,17-22H2,(H,33,42)(H2,43,44,45)/t28-,29-/m0/s1. The van der Waals surface area contributed by atoms with E-state index in [1.54, 1.807) is 38.8 Å². The van der Waals surface area contributed by atoms with Gasteiger partial charge < -0.3 is 19.6 Å². The molecule has 244 valence electrons. The number of phosphoric acid groups is 1. The van der Waals surface area contributed by atoms with Gasteiger partial charge in [-0.3, -0.25) is 19.4 Å². The van der Waals surface area contributed by atoms with Gasteiger partial charge in [0.15, 0.2) is 0 Å². The Bertz CT molecular complexity index is 1830. The van der Waals surface area contributed by atoms with Crippen molar-refractivity contribution in [1.29, 1.82) is 0 Å². The minimum atomic E-state index is -4.76. The number of hydrogen-bond donors (Lipinski definition) is 3. The number of nitrogens with one attached hydrogen (secondary N) is 1. The largest absolute Gasteiger partial charge is 0.524 e. The van der Waals surface area contributed by atoms with Crippen LogP contribution in [0, 0.1) is 0 Å². The first kappa shape index (κ1) is 32.0. The molecule has 4 amide bonds. The van der Waals surface area contributed by atoms with Crippen molar-refractivity contribution < 1.29 is 33.3 Å². The number of pyridine rings is 1. The van der Waals surface area contributed by atoms with Gasteiger partial charge in [0.05, 0.1) is 30.8 Å². The van der Waals surface area contributed by atoms with E-state index in [0.29, 0.717) is 5.56 Å². The lowest BCUT2D eigenvalue weighted by atomic mass is 9.98. The van der Waals surface area contributed by atoms with Gasteiger partial charge in [-0.05, 0) is 41.5 Å². The second-order valence-electron chi connectivity index (χ2n) is 11.3. The maximum atomic E-state index is 14.3. The zero-order valence-electron chi connectivity index (χ0n) is 25.3. The van der Waals surface area contributed by atoms with Gasteiger partial charge in [0, 0.05) is 25.7 Å². The van der Waals surface area contributed by atoms with E-state index in [-0.39, 0.29) is 56.7 Å². The summed E-state index contributed by atoms with van der Waals surface area (Å²) in [6, 6.07) is 21.5. The lowest BCUT2D eigenvalue weighted by molar-refractivity contribution is -0.189. The minimum absolute atomic E-state index is 0.0419. The Morgan fingerprint density at radius 3 is 2.51 bits per heavy atom. The number of rotatable bonds is 10. The molecule has 0 unspecified atom stereocenters. The Balaban J connectivity index is 1.35. The predicted octanol–water partition coefficient (Wildman–Crippen LogP) is 2.54. The first-order chi connectivity index (χ1) is 22.6.